The molecule has 0 aromatic heterocycles. The summed E-state index contributed by atoms with van der Waals surface area (Å²) in [5, 5.41) is 0. The van der Waals surface area contributed by atoms with Gasteiger partial charge < -0.3 is 5.73 Å². The SMILES string of the molecule is CC1CCCCC1(CN)NS(=O)(=O)N1CCCCC1. The number of nitrogens with two attached hydrogens (primary N) is 1. The number of piperidine rings is 1. The molecule has 0 aromatic carbocycles. The standard InChI is InChI=1S/C13H27N3O2S/c1-12-7-3-4-8-13(12,11-14)15-19(17,18)16-9-5-2-6-10-16/h12,15H,2-11,14H2,1H3. The molecule has 1 saturated carbocycles. The van der Waals surface area contributed by atoms with Crippen LogP contribution in [0.3, 0.4) is 0 Å². The Kier molecular flexibility index (Phi) is 4.87. The van der Waals surface area contributed by atoms with Gasteiger partial charge in [-0.3, -0.25) is 0 Å². The molecule has 0 amide bonds. The molecule has 112 valence electrons. The van der Waals surface area contributed by atoms with E-state index in [1.54, 1.807) is 4.31 Å². The van der Waals surface area contributed by atoms with Crippen LogP contribution in [0.15, 0.2) is 0 Å². The zero-order valence-electron chi connectivity index (χ0n) is 11.9. The Morgan fingerprint density at radius 3 is 2.47 bits per heavy atom. The molecule has 1 saturated heterocycles. The summed E-state index contributed by atoms with van der Waals surface area (Å²) >= 11 is 0. The number of rotatable bonds is 4. The van der Waals surface area contributed by atoms with Crippen molar-refractivity contribution in [1.82, 2.24) is 9.03 Å². The first-order valence-corrected chi connectivity index (χ1v) is 8.93. The van der Waals surface area contributed by atoms with Crippen LogP contribution in [0.4, 0.5) is 0 Å². The van der Waals surface area contributed by atoms with Crippen molar-refractivity contribution < 1.29 is 8.42 Å². The summed E-state index contributed by atoms with van der Waals surface area (Å²) in [6.45, 7) is 3.79. The summed E-state index contributed by atoms with van der Waals surface area (Å²) in [5.41, 5.74) is 5.48. The summed E-state index contributed by atoms with van der Waals surface area (Å²) < 4.78 is 29.6. The largest absolute Gasteiger partial charge is 0.329 e. The Morgan fingerprint density at radius 2 is 1.89 bits per heavy atom. The summed E-state index contributed by atoms with van der Waals surface area (Å²) in [4.78, 5) is 0. The highest BCUT2D eigenvalue weighted by Crippen LogP contribution is 2.34. The molecule has 1 aliphatic heterocycles. The van der Waals surface area contributed by atoms with Gasteiger partial charge in [-0.1, -0.05) is 26.2 Å². The average molecular weight is 289 g/mol. The number of nitrogens with zero attached hydrogens (tertiary/aromatic N) is 1. The zero-order chi connectivity index (χ0) is 13.9. The second kappa shape index (κ2) is 6.08. The van der Waals surface area contributed by atoms with E-state index in [2.05, 4.69) is 11.6 Å². The van der Waals surface area contributed by atoms with E-state index in [0.717, 1.165) is 38.5 Å². The van der Waals surface area contributed by atoms with E-state index in [-0.39, 0.29) is 0 Å². The summed E-state index contributed by atoms with van der Waals surface area (Å²) in [6.07, 6.45) is 7.21. The maximum Gasteiger partial charge on any atom is 0.280 e. The molecule has 1 heterocycles. The lowest BCUT2D eigenvalue weighted by atomic mass is 9.74. The molecule has 2 unspecified atom stereocenters. The maximum atomic E-state index is 12.5. The molecule has 19 heavy (non-hydrogen) atoms. The van der Waals surface area contributed by atoms with Crippen LogP contribution in [-0.4, -0.2) is 37.9 Å². The molecule has 0 radical (unpaired) electrons. The van der Waals surface area contributed by atoms with Crippen molar-refractivity contribution in [2.45, 2.75) is 57.4 Å². The van der Waals surface area contributed by atoms with Crippen molar-refractivity contribution in [3.8, 4) is 0 Å². The predicted octanol–water partition coefficient (Wildman–Crippen LogP) is 1.21. The number of nitrogens with one attached hydrogen (secondary N) is 1. The molecular formula is C13H27N3O2S. The monoisotopic (exact) mass is 289 g/mol. The van der Waals surface area contributed by atoms with E-state index in [1.165, 1.54) is 6.42 Å². The molecule has 2 atom stereocenters. The topological polar surface area (TPSA) is 75.4 Å². The lowest BCUT2D eigenvalue weighted by molar-refractivity contribution is 0.185. The molecule has 0 aromatic rings. The third-order valence-corrected chi connectivity index (χ3v) is 6.51. The Morgan fingerprint density at radius 1 is 1.21 bits per heavy atom. The normalized spacial score (nSPS) is 34.3. The van der Waals surface area contributed by atoms with E-state index < -0.39 is 15.7 Å². The molecule has 0 bridgehead atoms. The van der Waals surface area contributed by atoms with Crippen molar-refractivity contribution in [2.75, 3.05) is 19.6 Å². The molecule has 5 nitrogen and oxygen atoms in total. The van der Waals surface area contributed by atoms with Crippen molar-refractivity contribution in [1.29, 1.82) is 0 Å². The van der Waals surface area contributed by atoms with Crippen LogP contribution in [-0.2, 0) is 10.2 Å². The highest BCUT2D eigenvalue weighted by atomic mass is 32.2. The van der Waals surface area contributed by atoms with Gasteiger partial charge in [0.1, 0.15) is 0 Å². The van der Waals surface area contributed by atoms with Gasteiger partial charge in [-0.25, -0.2) is 0 Å². The fraction of sp³-hybridized carbons (Fsp3) is 1.00. The zero-order valence-corrected chi connectivity index (χ0v) is 12.7. The van der Waals surface area contributed by atoms with Crippen LogP contribution >= 0.6 is 0 Å². The van der Waals surface area contributed by atoms with E-state index in [1.807, 2.05) is 0 Å². The van der Waals surface area contributed by atoms with Gasteiger partial charge in [0, 0.05) is 25.2 Å². The van der Waals surface area contributed by atoms with Crippen LogP contribution in [0.2, 0.25) is 0 Å². The third kappa shape index (κ3) is 3.29. The fourth-order valence-electron chi connectivity index (χ4n) is 3.34. The smallest absolute Gasteiger partial charge is 0.280 e. The first-order chi connectivity index (χ1) is 9.00. The second-order valence-electron chi connectivity index (χ2n) is 6.07. The lowest BCUT2D eigenvalue weighted by Crippen LogP contribution is -2.62. The number of hydrogen-bond donors (Lipinski definition) is 2. The Balaban J connectivity index is 2.12. The maximum absolute atomic E-state index is 12.5. The minimum atomic E-state index is -3.38. The molecule has 3 N–H and O–H groups in total. The molecule has 2 fully saturated rings. The fourth-order valence-corrected chi connectivity index (χ4v) is 5.11. The molecule has 2 rings (SSSR count). The lowest BCUT2D eigenvalue weighted by Gasteiger charge is -2.43. The molecule has 6 heteroatoms. The van der Waals surface area contributed by atoms with Crippen LogP contribution in [0.1, 0.15) is 51.9 Å². The van der Waals surface area contributed by atoms with Crippen LogP contribution in [0.25, 0.3) is 0 Å². The van der Waals surface area contributed by atoms with Crippen LogP contribution in [0.5, 0.6) is 0 Å². The Labute approximate surface area is 117 Å². The highest BCUT2D eigenvalue weighted by molar-refractivity contribution is 7.87. The minimum Gasteiger partial charge on any atom is -0.329 e. The third-order valence-electron chi connectivity index (χ3n) is 4.80. The van der Waals surface area contributed by atoms with E-state index in [4.69, 9.17) is 5.73 Å². The molecule has 2 aliphatic rings. The Hall–Kier alpha value is -0.170. The van der Waals surface area contributed by atoms with Crippen molar-refractivity contribution >= 4 is 10.2 Å². The van der Waals surface area contributed by atoms with Crippen molar-refractivity contribution in [3.05, 3.63) is 0 Å². The molecule has 0 spiro atoms. The average Bonchev–Trinajstić information content (AvgIpc) is 2.42. The van der Waals surface area contributed by atoms with Gasteiger partial charge in [0.25, 0.3) is 10.2 Å². The van der Waals surface area contributed by atoms with Crippen LogP contribution in [0, 0.1) is 5.92 Å². The van der Waals surface area contributed by atoms with Gasteiger partial charge in [-0.05, 0) is 31.6 Å². The summed E-state index contributed by atoms with van der Waals surface area (Å²) in [7, 11) is -3.38. The summed E-state index contributed by atoms with van der Waals surface area (Å²) in [5.74, 6) is 0.311. The first kappa shape index (κ1) is 15.2. The molecular weight excluding hydrogens is 262 g/mol. The van der Waals surface area contributed by atoms with Crippen LogP contribution < -0.4 is 10.5 Å². The van der Waals surface area contributed by atoms with Crippen molar-refractivity contribution in [3.63, 3.8) is 0 Å². The van der Waals surface area contributed by atoms with Crippen molar-refractivity contribution in [2.24, 2.45) is 11.7 Å². The van der Waals surface area contributed by atoms with Gasteiger partial charge in [0.2, 0.25) is 0 Å². The van der Waals surface area contributed by atoms with Gasteiger partial charge in [-0.15, -0.1) is 0 Å². The summed E-state index contributed by atoms with van der Waals surface area (Å²) in [6, 6.07) is 0. The van der Waals surface area contributed by atoms with Gasteiger partial charge >= 0.3 is 0 Å². The quantitative estimate of drug-likeness (QED) is 0.817. The van der Waals surface area contributed by atoms with Gasteiger partial charge in [0.05, 0.1) is 0 Å². The Bertz CT molecular complexity index is 393. The second-order valence-corrected chi connectivity index (χ2v) is 7.74. The molecule has 1 aliphatic carbocycles. The van der Waals surface area contributed by atoms with E-state index >= 15 is 0 Å². The first-order valence-electron chi connectivity index (χ1n) is 7.49. The predicted molar refractivity (Wildman–Crippen MR) is 76.9 cm³/mol. The van der Waals surface area contributed by atoms with Gasteiger partial charge in [-0.2, -0.15) is 17.4 Å². The van der Waals surface area contributed by atoms with E-state index in [9.17, 15) is 8.42 Å². The minimum absolute atomic E-state index is 0.311. The van der Waals surface area contributed by atoms with E-state index in [0.29, 0.717) is 25.6 Å². The highest BCUT2D eigenvalue weighted by Gasteiger charge is 2.41. The van der Waals surface area contributed by atoms with Gasteiger partial charge in [0.15, 0.2) is 0 Å². The number of hydrogen-bond acceptors (Lipinski definition) is 3.